The summed E-state index contributed by atoms with van der Waals surface area (Å²) in [7, 11) is 1.32. The van der Waals surface area contributed by atoms with E-state index in [4.69, 9.17) is 22.1 Å². The van der Waals surface area contributed by atoms with Gasteiger partial charge in [0.1, 0.15) is 11.0 Å². The molecule has 0 spiro atoms. The molecular formula is C18H19ClN5O5S-. The highest BCUT2D eigenvalue weighted by Crippen LogP contribution is 2.29. The van der Waals surface area contributed by atoms with Crippen molar-refractivity contribution in [2.75, 3.05) is 43.0 Å². The van der Waals surface area contributed by atoms with Crippen molar-refractivity contribution in [3.8, 4) is 0 Å². The Morgan fingerprint density at radius 3 is 2.57 bits per heavy atom. The van der Waals surface area contributed by atoms with E-state index in [1.807, 2.05) is 0 Å². The van der Waals surface area contributed by atoms with E-state index in [1.165, 1.54) is 31.3 Å². The van der Waals surface area contributed by atoms with Gasteiger partial charge in [-0.3, -0.25) is 13.8 Å². The van der Waals surface area contributed by atoms with Gasteiger partial charge < -0.3 is 29.5 Å². The molecule has 1 aromatic carbocycles. The molecule has 1 saturated heterocycles. The van der Waals surface area contributed by atoms with Crippen LogP contribution in [0.5, 0.6) is 0 Å². The number of carbonyl (C=O) groups is 2. The molecule has 1 atom stereocenters. The Morgan fingerprint density at radius 1 is 1.27 bits per heavy atom. The van der Waals surface area contributed by atoms with Crippen molar-refractivity contribution < 1.29 is 23.1 Å². The molecule has 2 heterocycles. The number of carbonyl (C=O) groups excluding carboxylic acids is 2. The Labute approximate surface area is 180 Å². The number of pyridine rings is 1. The second-order valence-corrected chi connectivity index (χ2v) is 7.74. The van der Waals surface area contributed by atoms with Gasteiger partial charge in [-0.05, 0) is 30.3 Å². The van der Waals surface area contributed by atoms with Crippen LogP contribution in [0.2, 0.25) is 5.15 Å². The van der Waals surface area contributed by atoms with Gasteiger partial charge in [0.05, 0.1) is 30.0 Å². The number of amides is 2. The second kappa shape index (κ2) is 9.39. The van der Waals surface area contributed by atoms with Crippen molar-refractivity contribution in [2.24, 2.45) is 5.73 Å². The minimum Gasteiger partial charge on any atom is -0.755 e. The van der Waals surface area contributed by atoms with Gasteiger partial charge in [-0.1, -0.05) is 11.6 Å². The van der Waals surface area contributed by atoms with Gasteiger partial charge in [0, 0.05) is 37.1 Å². The molecule has 2 amide bonds. The normalized spacial score (nSPS) is 14.8. The van der Waals surface area contributed by atoms with Crippen molar-refractivity contribution in [1.29, 1.82) is 0 Å². The highest BCUT2D eigenvalue weighted by Gasteiger charge is 2.23. The summed E-state index contributed by atoms with van der Waals surface area (Å²) >= 11 is 3.30. The van der Waals surface area contributed by atoms with Gasteiger partial charge in [0.15, 0.2) is 0 Å². The lowest BCUT2D eigenvalue weighted by molar-refractivity contribution is 0.0303. The summed E-state index contributed by atoms with van der Waals surface area (Å²) in [5.41, 5.74) is 6.24. The summed E-state index contributed by atoms with van der Waals surface area (Å²) in [6.45, 7) is 1.66. The van der Waals surface area contributed by atoms with E-state index in [0.29, 0.717) is 32.0 Å². The average Bonchev–Trinajstić information content (AvgIpc) is 2.73. The number of halogens is 1. The molecule has 1 aromatic heterocycles. The van der Waals surface area contributed by atoms with E-state index in [9.17, 15) is 18.4 Å². The second-order valence-electron chi connectivity index (χ2n) is 6.37. The predicted molar refractivity (Wildman–Crippen MR) is 112 cm³/mol. The summed E-state index contributed by atoms with van der Waals surface area (Å²) < 4.78 is 29.4. The third-order valence-corrected chi connectivity index (χ3v) is 5.33. The van der Waals surface area contributed by atoms with Crippen molar-refractivity contribution in [3.05, 3.63) is 46.6 Å². The van der Waals surface area contributed by atoms with Crippen molar-refractivity contribution in [3.63, 3.8) is 0 Å². The van der Waals surface area contributed by atoms with Crippen molar-refractivity contribution >= 4 is 51.9 Å². The number of benzene rings is 1. The first-order chi connectivity index (χ1) is 14.3. The number of aromatic nitrogens is 1. The molecule has 3 N–H and O–H groups in total. The fourth-order valence-electron chi connectivity index (χ4n) is 2.93. The maximum atomic E-state index is 12.9. The van der Waals surface area contributed by atoms with E-state index in [0.717, 1.165) is 4.31 Å². The SMILES string of the molecule is CN(c1cc(Nc2nc(Cl)ccc2C(N)=O)ccc1C(=O)N1CCOCC1)S(=O)[O-]. The van der Waals surface area contributed by atoms with Crippen LogP contribution in [0.25, 0.3) is 0 Å². The first-order valence-corrected chi connectivity index (χ1v) is 10.3. The lowest BCUT2D eigenvalue weighted by Crippen LogP contribution is -2.41. The van der Waals surface area contributed by atoms with Crippen LogP contribution < -0.4 is 15.4 Å². The van der Waals surface area contributed by atoms with Crippen LogP contribution in [0.1, 0.15) is 20.7 Å². The maximum absolute atomic E-state index is 12.9. The topological polar surface area (TPSA) is 141 Å². The van der Waals surface area contributed by atoms with Crippen LogP contribution in [0.3, 0.4) is 0 Å². The number of ether oxygens (including phenoxy) is 1. The third-order valence-electron chi connectivity index (χ3n) is 4.48. The van der Waals surface area contributed by atoms with Crippen molar-refractivity contribution in [1.82, 2.24) is 9.88 Å². The van der Waals surface area contributed by atoms with Crippen LogP contribution in [-0.4, -0.2) is 63.8 Å². The number of primary amides is 1. The molecule has 2 aromatic rings. The smallest absolute Gasteiger partial charge is 0.256 e. The summed E-state index contributed by atoms with van der Waals surface area (Å²) in [5, 5.41) is 3.04. The Balaban J connectivity index is 1.99. The lowest BCUT2D eigenvalue weighted by atomic mass is 10.1. The zero-order chi connectivity index (χ0) is 21.8. The number of nitrogens with two attached hydrogens (primary N) is 1. The van der Waals surface area contributed by atoms with E-state index < -0.39 is 17.2 Å². The minimum absolute atomic E-state index is 0.107. The van der Waals surface area contributed by atoms with Crippen LogP contribution in [0.4, 0.5) is 17.2 Å². The molecule has 0 bridgehead atoms. The molecule has 30 heavy (non-hydrogen) atoms. The van der Waals surface area contributed by atoms with Crippen LogP contribution in [0, 0.1) is 0 Å². The number of hydrogen-bond donors (Lipinski definition) is 2. The van der Waals surface area contributed by atoms with Gasteiger partial charge in [-0.2, -0.15) is 0 Å². The van der Waals surface area contributed by atoms with Gasteiger partial charge in [-0.15, -0.1) is 0 Å². The molecule has 1 aliphatic rings. The molecule has 1 unspecified atom stereocenters. The molecule has 1 aliphatic heterocycles. The summed E-state index contributed by atoms with van der Waals surface area (Å²) in [5.74, 6) is -0.909. The monoisotopic (exact) mass is 452 g/mol. The van der Waals surface area contributed by atoms with Crippen molar-refractivity contribution in [2.45, 2.75) is 0 Å². The van der Waals surface area contributed by atoms with Gasteiger partial charge in [0.2, 0.25) is 0 Å². The van der Waals surface area contributed by atoms with Gasteiger partial charge in [0.25, 0.3) is 11.8 Å². The molecule has 12 heteroatoms. The Kier molecular flexibility index (Phi) is 6.87. The molecule has 3 rings (SSSR count). The zero-order valence-corrected chi connectivity index (χ0v) is 17.5. The minimum atomic E-state index is -2.61. The molecule has 1 fully saturated rings. The molecule has 160 valence electrons. The standard InChI is InChI=1S/C18H20ClN5O5S/c1-23(30(27)28)14-10-11(21-17-13(16(20)25)4-5-15(19)22-17)2-3-12(14)18(26)24-6-8-29-9-7-24/h2-5,10H,6-9H2,1H3,(H2,20,25)(H,21,22)(H,27,28)/p-1. The summed E-state index contributed by atoms with van der Waals surface area (Å²) in [4.78, 5) is 30.2. The number of rotatable bonds is 6. The molecule has 10 nitrogen and oxygen atoms in total. The predicted octanol–water partition coefficient (Wildman–Crippen LogP) is 1.28. The van der Waals surface area contributed by atoms with Gasteiger partial charge >= 0.3 is 0 Å². The van der Waals surface area contributed by atoms with E-state index in [-0.39, 0.29) is 33.7 Å². The number of morpholine rings is 1. The lowest BCUT2D eigenvalue weighted by Gasteiger charge is -2.30. The Hall–Kier alpha value is -2.73. The fraction of sp³-hybridized carbons (Fsp3) is 0.278. The quantitative estimate of drug-likeness (QED) is 0.496. The number of hydrogen-bond acceptors (Lipinski definition) is 7. The molecule has 0 radical (unpaired) electrons. The molecule has 0 aliphatic carbocycles. The Morgan fingerprint density at radius 2 is 1.93 bits per heavy atom. The van der Waals surface area contributed by atoms with E-state index >= 15 is 0 Å². The number of nitrogens with zero attached hydrogens (tertiary/aromatic N) is 3. The third kappa shape index (κ3) is 4.87. The van der Waals surface area contributed by atoms with Crippen LogP contribution in [-0.2, 0) is 16.0 Å². The number of nitrogens with one attached hydrogen (secondary N) is 1. The largest absolute Gasteiger partial charge is 0.755 e. The summed E-state index contributed by atoms with van der Waals surface area (Å²) in [6.07, 6.45) is 0. The highest BCUT2D eigenvalue weighted by atomic mass is 35.5. The first-order valence-electron chi connectivity index (χ1n) is 8.85. The average molecular weight is 453 g/mol. The fourth-order valence-corrected chi connectivity index (χ4v) is 3.39. The number of anilines is 3. The molecular weight excluding hydrogens is 434 g/mol. The zero-order valence-electron chi connectivity index (χ0n) is 16.0. The highest BCUT2D eigenvalue weighted by molar-refractivity contribution is 7.80. The van der Waals surface area contributed by atoms with Gasteiger partial charge in [-0.25, -0.2) is 4.98 Å². The molecule has 0 saturated carbocycles. The first kappa shape index (κ1) is 22.0. The van der Waals surface area contributed by atoms with E-state index in [1.54, 1.807) is 11.0 Å². The van der Waals surface area contributed by atoms with Crippen LogP contribution in [0.15, 0.2) is 30.3 Å². The Bertz CT molecular complexity index is 999. The maximum Gasteiger partial charge on any atom is 0.256 e. The van der Waals surface area contributed by atoms with Crippen LogP contribution >= 0.6 is 11.6 Å². The summed E-state index contributed by atoms with van der Waals surface area (Å²) in [6, 6.07) is 7.41. The van der Waals surface area contributed by atoms with E-state index in [2.05, 4.69) is 10.3 Å².